The third-order valence-electron chi connectivity index (χ3n) is 5.59. The number of aryl methyl sites for hydroxylation is 1. The minimum Gasteiger partial charge on any atom is -0.489 e. The van der Waals surface area contributed by atoms with Crippen molar-refractivity contribution in [1.29, 1.82) is 0 Å². The molecule has 2 N–H and O–H groups in total. The quantitative estimate of drug-likeness (QED) is 0.329. The minimum absolute atomic E-state index is 0.530. The zero-order valence-corrected chi connectivity index (χ0v) is 20.0. The van der Waals surface area contributed by atoms with E-state index in [-0.39, 0.29) is 0 Å². The van der Waals surface area contributed by atoms with Gasteiger partial charge in [-0.2, -0.15) is 0 Å². The number of hydrogen-bond acceptors (Lipinski definition) is 7. The van der Waals surface area contributed by atoms with E-state index in [1.807, 2.05) is 81.7 Å². The maximum atomic E-state index is 5.89. The highest BCUT2D eigenvalue weighted by atomic mass is 16.5. The molecule has 0 saturated heterocycles. The molecule has 8 nitrogen and oxygen atoms in total. The Kier molecular flexibility index (Phi) is 6.36. The highest BCUT2D eigenvalue weighted by Crippen LogP contribution is 2.27. The molecule has 0 atom stereocenters. The molecule has 0 fully saturated rings. The maximum absolute atomic E-state index is 5.89. The molecule has 5 aromatic rings. The second-order valence-electron chi connectivity index (χ2n) is 8.62. The predicted octanol–water partition coefficient (Wildman–Crippen LogP) is 5.11. The molecular formula is C27H27N7O. The Hall–Kier alpha value is -4.30. The number of pyridine rings is 1. The van der Waals surface area contributed by atoms with Crippen molar-refractivity contribution in [2.24, 2.45) is 0 Å². The van der Waals surface area contributed by atoms with Crippen molar-refractivity contribution in [2.75, 3.05) is 19.4 Å². The normalized spacial score (nSPS) is 11.2. The van der Waals surface area contributed by atoms with Crippen molar-refractivity contribution >= 4 is 22.4 Å². The highest BCUT2D eigenvalue weighted by Gasteiger charge is 2.13. The lowest BCUT2D eigenvalue weighted by Crippen LogP contribution is -2.11. The van der Waals surface area contributed by atoms with Crippen molar-refractivity contribution in [2.45, 2.75) is 20.1 Å². The summed E-state index contributed by atoms with van der Waals surface area (Å²) in [4.78, 5) is 23.6. The smallest absolute Gasteiger partial charge is 0.156 e. The Morgan fingerprint density at radius 3 is 2.54 bits per heavy atom. The highest BCUT2D eigenvalue weighted by molar-refractivity contribution is 5.92. The number of ether oxygens (including phenoxy) is 1. The van der Waals surface area contributed by atoms with E-state index < -0.39 is 0 Å². The van der Waals surface area contributed by atoms with Crippen LogP contribution < -0.4 is 10.1 Å². The van der Waals surface area contributed by atoms with Gasteiger partial charge in [0.1, 0.15) is 30.2 Å². The van der Waals surface area contributed by atoms with E-state index in [2.05, 4.69) is 35.1 Å². The number of aromatic nitrogens is 5. The van der Waals surface area contributed by atoms with Gasteiger partial charge in [-0.3, -0.25) is 4.98 Å². The number of fused-ring (bicyclic) bond motifs is 1. The van der Waals surface area contributed by atoms with Crippen LogP contribution in [0.3, 0.4) is 0 Å². The molecule has 2 aromatic carbocycles. The Bertz CT molecular complexity index is 1430. The van der Waals surface area contributed by atoms with Crippen molar-refractivity contribution in [1.82, 2.24) is 29.8 Å². The molecule has 0 aliphatic rings. The summed E-state index contributed by atoms with van der Waals surface area (Å²) in [5, 5.41) is 4.26. The molecule has 5 rings (SSSR count). The second-order valence-corrected chi connectivity index (χ2v) is 8.62. The van der Waals surface area contributed by atoms with Gasteiger partial charge in [0.05, 0.1) is 23.1 Å². The molecule has 0 aliphatic heterocycles. The lowest BCUT2D eigenvalue weighted by atomic mass is 10.2. The molecule has 0 radical (unpaired) electrons. The van der Waals surface area contributed by atoms with E-state index in [4.69, 9.17) is 4.74 Å². The molecule has 0 bridgehead atoms. The monoisotopic (exact) mass is 465 g/mol. The van der Waals surface area contributed by atoms with Crippen LogP contribution in [0.25, 0.3) is 22.4 Å². The SMILES string of the molecule is Cc1nc(-c2cc3c(Nc4ccc(OCc5ccccc5)cc4)ncnc3cn2)[nH]c1CN(C)C. The average molecular weight is 466 g/mol. The maximum Gasteiger partial charge on any atom is 0.156 e. The molecule has 8 heteroatoms. The number of hydrogen-bond donors (Lipinski definition) is 2. The zero-order chi connectivity index (χ0) is 24.2. The first-order valence-corrected chi connectivity index (χ1v) is 11.4. The zero-order valence-electron chi connectivity index (χ0n) is 20.0. The van der Waals surface area contributed by atoms with Gasteiger partial charge in [-0.15, -0.1) is 0 Å². The molecule has 0 saturated carbocycles. The summed E-state index contributed by atoms with van der Waals surface area (Å²) in [6, 6.07) is 19.9. The van der Waals surface area contributed by atoms with Gasteiger partial charge in [0.2, 0.25) is 0 Å². The van der Waals surface area contributed by atoms with Gasteiger partial charge < -0.3 is 19.9 Å². The molecule has 176 valence electrons. The first kappa shape index (κ1) is 22.5. The Balaban J connectivity index is 1.36. The Labute approximate surface area is 204 Å². The summed E-state index contributed by atoms with van der Waals surface area (Å²) in [6.07, 6.45) is 3.29. The van der Waals surface area contributed by atoms with Crippen molar-refractivity contribution in [3.05, 3.63) is 90.1 Å². The minimum atomic E-state index is 0.530. The van der Waals surface area contributed by atoms with E-state index in [1.54, 1.807) is 6.20 Å². The number of aromatic amines is 1. The number of nitrogens with zero attached hydrogens (tertiary/aromatic N) is 5. The second kappa shape index (κ2) is 9.90. The van der Waals surface area contributed by atoms with E-state index in [1.165, 1.54) is 6.33 Å². The summed E-state index contributed by atoms with van der Waals surface area (Å²) in [5.74, 6) is 2.24. The predicted molar refractivity (Wildman–Crippen MR) is 138 cm³/mol. The summed E-state index contributed by atoms with van der Waals surface area (Å²) in [5.41, 5.74) is 5.57. The van der Waals surface area contributed by atoms with Gasteiger partial charge in [-0.1, -0.05) is 30.3 Å². The van der Waals surface area contributed by atoms with Crippen LogP contribution in [0.4, 0.5) is 11.5 Å². The summed E-state index contributed by atoms with van der Waals surface area (Å²) < 4.78 is 5.89. The van der Waals surface area contributed by atoms with Crippen LogP contribution in [0.5, 0.6) is 5.75 Å². The van der Waals surface area contributed by atoms with Crippen LogP contribution in [0, 0.1) is 6.92 Å². The molecule has 35 heavy (non-hydrogen) atoms. The topological polar surface area (TPSA) is 91.9 Å². The largest absolute Gasteiger partial charge is 0.489 e. The number of imidazole rings is 1. The average Bonchev–Trinajstić information content (AvgIpc) is 3.23. The third kappa shape index (κ3) is 5.28. The molecule has 0 aliphatic carbocycles. The van der Waals surface area contributed by atoms with Gasteiger partial charge in [0.15, 0.2) is 5.82 Å². The van der Waals surface area contributed by atoms with Crippen LogP contribution in [0.15, 0.2) is 73.2 Å². The molecule has 0 unspecified atom stereocenters. The Morgan fingerprint density at radius 1 is 0.971 bits per heavy atom. The van der Waals surface area contributed by atoms with E-state index in [0.29, 0.717) is 12.4 Å². The first-order valence-electron chi connectivity index (χ1n) is 11.4. The molecular weight excluding hydrogens is 438 g/mol. The number of H-pyrrole nitrogens is 1. The summed E-state index contributed by atoms with van der Waals surface area (Å²) >= 11 is 0. The van der Waals surface area contributed by atoms with Crippen LogP contribution in [0.2, 0.25) is 0 Å². The fourth-order valence-corrected chi connectivity index (χ4v) is 3.79. The van der Waals surface area contributed by atoms with Gasteiger partial charge in [0.25, 0.3) is 0 Å². The van der Waals surface area contributed by atoms with Crippen LogP contribution in [-0.2, 0) is 13.2 Å². The fourth-order valence-electron chi connectivity index (χ4n) is 3.79. The lowest BCUT2D eigenvalue weighted by molar-refractivity contribution is 0.306. The van der Waals surface area contributed by atoms with E-state index in [0.717, 1.165) is 57.4 Å². The van der Waals surface area contributed by atoms with E-state index in [9.17, 15) is 0 Å². The van der Waals surface area contributed by atoms with Crippen LogP contribution >= 0.6 is 0 Å². The van der Waals surface area contributed by atoms with Crippen LogP contribution in [-0.4, -0.2) is 43.9 Å². The Morgan fingerprint density at radius 2 is 1.77 bits per heavy atom. The fraction of sp³-hybridized carbons (Fsp3) is 0.185. The van der Waals surface area contributed by atoms with Crippen molar-refractivity contribution in [3.8, 4) is 17.3 Å². The number of anilines is 2. The van der Waals surface area contributed by atoms with Crippen molar-refractivity contribution in [3.63, 3.8) is 0 Å². The first-order chi connectivity index (χ1) is 17.0. The summed E-state index contributed by atoms with van der Waals surface area (Å²) in [7, 11) is 4.07. The van der Waals surface area contributed by atoms with Crippen molar-refractivity contribution < 1.29 is 4.74 Å². The number of nitrogens with one attached hydrogen (secondary N) is 2. The third-order valence-corrected chi connectivity index (χ3v) is 5.59. The van der Waals surface area contributed by atoms with Gasteiger partial charge in [-0.05, 0) is 56.9 Å². The van der Waals surface area contributed by atoms with Gasteiger partial charge in [-0.25, -0.2) is 15.0 Å². The van der Waals surface area contributed by atoms with E-state index >= 15 is 0 Å². The standard InChI is InChI=1S/C27H27N7O/c1-18-25(15-34(2)3)33-27(31-18)23-13-22-24(14-28-23)29-17-30-26(22)32-20-9-11-21(12-10-20)35-16-19-7-5-4-6-8-19/h4-14,17H,15-16H2,1-3H3,(H,31,33)(H,29,30,32). The molecule has 0 amide bonds. The molecule has 3 aromatic heterocycles. The molecule has 3 heterocycles. The number of benzene rings is 2. The van der Waals surface area contributed by atoms with Gasteiger partial charge in [0, 0.05) is 17.6 Å². The van der Waals surface area contributed by atoms with Crippen LogP contribution in [0.1, 0.15) is 17.0 Å². The number of rotatable bonds is 8. The van der Waals surface area contributed by atoms with Gasteiger partial charge >= 0.3 is 0 Å². The molecule has 0 spiro atoms. The summed E-state index contributed by atoms with van der Waals surface area (Å²) in [6.45, 7) is 3.32. The lowest BCUT2D eigenvalue weighted by Gasteiger charge is -2.10.